The first kappa shape index (κ1) is 18.7. The number of aryl methyl sites for hydroxylation is 1. The molecule has 0 saturated carbocycles. The van der Waals surface area contributed by atoms with E-state index in [1.165, 1.54) is 12.8 Å². The summed E-state index contributed by atoms with van der Waals surface area (Å²) in [6.45, 7) is 1.53. The van der Waals surface area contributed by atoms with Crippen LogP contribution in [0.15, 0.2) is 24.3 Å². The molecule has 0 fully saturated rings. The van der Waals surface area contributed by atoms with Gasteiger partial charge in [0.15, 0.2) is 0 Å². The molecule has 0 bridgehead atoms. The number of benzene rings is 1. The number of amides is 2. The molecule has 7 heteroatoms. The van der Waals surface area contributed by atoms with Crippen molar-refractivity contribution >= 4 is 17.5 Å². The lowest BCUT2D eigenvalue weighted by Crippen LogP contribution is -2.32. The van der Waals surface area contributed by atoms with Gasteiger partial charge in [0.05, 0.1) is 0 Å². The van der Waals surface area contributed by atoms with Crippen molar-refractivity contribution in [1.82, 2.24) is 20.1 Å². The number of anilines is 1. The van der Waals surface area contributed by atoms with E-state index in [0.717, 1.165) is 42.3 Å². The van der Waals surface area contributed by atoms with Crippen molar-refractivity contribution in [2.24, 2.45) is 5.92 Å². The first-order chi connectivity index (χ1) is 13.7. The molecule has 2 amide bonds. The maximum Gasteiger partial charge on any atom is 0.227 e. The monoisotopic (exact) mass is 381 g/mol. The summed E-state index contributed by atoms with van der Waals surface area (Å²) in [5.41, 5.74) is 2.03. The Balaban J connectivity index is 1.22. The van der Waals surface area contributed by atoms with Gasteiger partial charge in [-0.15, -0.1) is 10.2 Å². The molecular formula is C21H27N5O2. The van der Waals surface area contributed by atoms with Crippen molar-refractivity contribution in [1.29, 1.82) is 0 Å². The van der Waals surface area contributed by atoms with E-state index in [0.29, 0.717) is 32.2 Å². The van der Waals surface area contributed by atoms with Crippen LogP contribution in [0.4, 0.5) is 5.69 Å². The first-order valence-electron chi connectivity index (χ1n) is 10.3. The second-order valence-corrected chi connectivity index (χ2v) is 7.68. The molecule has 1 unspecified atom stereocenters. The molecule has 0 saturated heterocycles. The van der Waals surface area contributed by atoms with E-state index in [1.54, 1.807) is 0 Å². The summed E-state index contributed by atoms with van der Waals surface area (Å²) in [6.07, 6.45) is 6.87. The Labute approximate surface area is 164 Å². The quantitative estimate of drug-likeness (QED) is 0.803. The fourth-order valence-corrected chi connectivity index (χ4v) is 4.08. The van der Waals surface area contributed by atoms with Crippen LogP contribution in [0, 0.1) is 5.92 Å². The average Bonchev–Trinajstić information content (AvgIpc) is 2.93. The molecule has 1 aromatic carbocycles. The average molecular weight is 381 g/mol. The van der Waals surface area contributed by atoms with E-state index in [4.69, 9.17) is 0 Å². The molecule has 28 heavy (non-hydrogen) atoms. The minimum Gasteiger partial charge on any atom is -0.356 e. The van der Waals surface area contributed by atoms with Crippen molar-refractivity contribution < 1.29 is 9.59 Å². The van der Waals surface area contributed by atoms with Gasteiger partial charge in [0, 0.05) is 44.0 Å². The molecule has 2 N–H and O–H groups in total. The Hall–Kier alpha value is -2.70. The Morgan fingerprint density at radius 2 is 2.11 bits per heavy atom. The van der Waals surface area contributed by atoms with E-state index in [2.05, 4.69) is 25.4 Å². The topological polar surface area (TPSA) is 88.9 Å². The molecule has 4 rings (SSSR count). The molecule has 148 valence electrons. The van der Waals surface area contributed by atoms with Crippen LogP contribution in [0.2, 0.25) is 0 Å². The Kier molecular flexibility index (Phi) is 5.69. The van der Waals surface area contributed by atoms with Crippen LogP contribution < -0.4 is 10.6 Å². The molecule has 0 radical (unpaired) electrons. The van der Waals surface area contributed by atoms with Crippen LogP contribution in [0.25, 0.3) is 0 Å². The lowest BCUT2D eigenvalue weighted by atomic mass is 9.89. The molecule has 1 aromatic heterocycles. The molecule has 2 aromatic rings. The van der Waals surface area contributed by atoms with Crippen molar-refractivity contribution in [3.8, 4) is 0 Å². The third-order valence-corrected chi connectivity index (χ3v) is 5.69. The fourth-order valence-electron chi connectivity index (χ4n) is 4.08. The summed E-state index contributed by atoms with van der Waals surface area (Å²) in [6, 6.07) is 7.84. The van der Waals surface area contributed by atoms with E-state index < -0.39 is 0 Å². The van der Waals surface area contributed by atoms with Gasteiger partial charge in [-0.1, -0.05) is 24.6 Å². The number of carbonyl (C=O) groups excluding carboxylic acids is 2. The van der Waals surface area contributed by atoms with Gasteiger partial charge in [0.25, 0.3) is 0 Å². The zero-order valence-corrected chi connectivity index (χ0v) is 16.1. The van der Waals surface area contributed by atoms with E-state index in [1.807, 2.05) is 24.3 Å². The zero-order valence-electron chi connectivity index (χ0n) is 16.1. The van der Waals surface area contributed by atoms with Crippen molar-refractivity contribution in [2.45, 2.75) is 57.9 Å². The summed E-state index contributed by atoms with van der Waals surface area (Å²) in [5.74, 6) is 1.88. The molecule has 1 atom stereocenters. The number of fused-ring (bicyclic) bond motifs is 2. The van der Waals surface area contributed by atoms with Gasteiger partial charge in [-0.05, 0) is 37.3 Å². The van der Waals surface area contributed by atoms with Crippen LogP contribution in [0.1, 0.15) is 49.3 Å². The van der Waals surface area contributed by atoms with Gasteiger partial charge >= 0.3 is 0 Å². The highest BCUT2D eigenvalue weighted by atomic mass is 16.2. The van der Waals surface area contributed by atoms with Crippen molar-refractivity contribution in [2.75, 3.05) is 11.9 Å². The number of rotatable bonds is 6. The molecular weight excluding hydrogens is 354 g/mol. The second-order valence-electron chi connectivity index (χ2n) is 7.68. The number of para-hydroxylation sites is 1. The molecule has 2 aliphatic rings. The maximum absolute atomic E-state index is 12.2. The van der Waals surface area contributed by atoms with Crippen LogP contribution >= 0.6 is 0 Å². The largest absolute Gasteiger partial charge is 0.356 e. The smallest absolute Gasteiger partial charge is 0.227 e. The number of hydrogen-bond donors (Lipinski definition) is 2. The number of hydrogen-bond acceptors (Lipinski definition) is 4. The molecule has 7 nitrogen and oxygen atoms in total. The summed E-state index contributed by atoms with van der Waals surface area (Å²) >= 11 is 0. The van der Waals surface area contributed by atoms with Gasteiger partial charge in [-0.3, -0.25) is 9.59 Å². The number of nitrogens with zero attached hydrogens (tertiary/aromatic N) is 3. The molecule has 0 aliphatic carbocycles. The predicted octanol–water partition coefficient (Wildman–Crippen LogP) is 2.25. The van der Waals surface area contributed by atoms with Gasteiger partial charge in [0.1, 0.15) is 11.6 Å². The van der Waals surface area contributed by atoms with Crippen LogP contribution in [0.3, 0.4) is 0 Å². The highest BCUT2D eigenvalue weighted by molar-refractivity contribution is 5.96. The van der Waals surface area contributed by atoms with Crippen LogP contribution in [-0.4, -0.2) is 33.1 Å². The summed E-state index contributed by atoms with van der Waals surface area (Å²) in [4.78, 5) is 24.5. The van der Waals surface area contributed by atoms with Gasteiger partial charge in [-0.25, -0.2) is 0 Å². The van der Waals surface area contributed by atoms with Crippen molar-refractivity contribution in [3.63, 3.8) is 0 Å². The standard InChI is InChI=1S/C21H27N5O2/c27-20(10-9-16-14-15-6-3-4-7-17(15)23-21(16)28)22-12-11-19-25-24-18-8-2-1-5-13-26(18)19/h3-4,6-7,16H,1-2,5,8-14H2,(H,22,27)(H,23,28). The van der Waals surface area contributed by atoms with Gasteiger partial charge in [-0.2, -0.15) is 0 Å². The third-order valence-electron chi connectivity index (χ3n) is 5.69. The number of carbonyl (C=O) groups is 2. The maximum atomic E-state index is 12.2. The highest BCUT2D eigenvalue weighted by Crippen LogP contribution is 2.27. The predicted molar refractivity (Wildman–Crippen MR) is 106 cm³/mol. The number of nitrogens with one attached hydrogen (secondary N) is 2. The van der Waals surface area contributed by atoms with Gasteiger partial charge in [0.2, 0.25) is 11.8 Å². The third kappa shape index (κ3) is 4.24. The lowest BCUT2D eigenvalue weighted by molar-refractivity contribution is -0.122. The minimum absolute atomic E-state index is 0.0117. The Morgan fingerprint density at radius 1 is 1.21 bits per heavy atom. The highest BCUT2D eigenvalue weighted by Gasteiger charge is 2.26. The summed E-state index contributed by atoms with van der Waals surface area (Å²) in [7, 11) is 0. The van der Waals surface area contributed by atoms with Gasteiger partial charge < -0.3 is 15.2 Å². The Morgan fingerprint density at radius 3 is 3.04 bits per heavy atom. The number of aromatic nitrogens is 3. The van der Waals surface area contributed by atoms with Crippen LogP contribution in [-0.2, 0) is 35.4 Å². The molecule has 3 heterocycles. The zero-order chi connectivity index (χ0) is 19.3. The van der Waals surface area contributed by atoms with Crippen LogP contribution in [0.5, 0.6) is 0 Å². The van der Waals surface area contributed by atoms with E-state index in [-0.39, 0.29) is 17.7 Å². The Bertz CT molecular complexity index is 860. The second kappa shape index (κ2) is 8.54. The SMILES string of the molecule is O=C(CCC1Cc2ccccc2NC1=O)NCCc1nnc2n1CCCCC2. The van der Waals surface area contributed by atoms with E-state index in [9.17, 15) is 9.59 Å². The summed E-state index contributed by atoms with van der Waals surface area (Å²) in [5, 5.41) is 14.5. The molecule has 0 spiro atoms. The normalized spacial score (nSPS) is 18.6. The summed E-state index contributed by atoms with van der Waals surface area (Å²) < 4.78 is 2.21. The molecule has 2 aliphatic heterocycles. The first-order valence-corrected chi connectivity index (χ1v) is 10.3. The fraction of sp³-hybridized carbons (Fsp3) is 0.524. The van der Waals surface area contributed by atoms with Crippen molar-refractivity contribution in [3.05, 3.63) is 41.5 Å². The lowest BCUT2D eigenvalue weighted by Gasteiger charge is -2.24. The van der Waals surface area contributed by atoms with E-state index >= 15 is 0 Å². The minimum atomic E-state index is -0.145.